The van der Waals surface area contributed by atoms with Crippen molar-refractivity contribution in [1.29, 1.82) is 0 Å². The molecule has 0 saturated heterocycles. The molecule has 0 fully saturated rings. The lowest BCUT2D eigenvalue weighted by Crippen LogP contribution is -2.16. The van der Waals surface area contributed by atoms with Gasteiger partial charge in [0.05, 0.1) is 0 Å². The highest BCUT2D eigenvalue weighted by Crippen LogP contribution is 2.11. The Morgan fingerprint density at radius 3 is 2.81 bits per heavy atom. The number of nitrogens with one attached hydrogen (secondary N) is 1. The minimum atomic E-state index is 0.464. The van der Waals surface area contributed by atoms with Gasteiger partial charge in [0.15, 0.2) is 0 Å². The number of pyridine rings is 1. The van der Waals surface area contributed by atoms with Crippen molar-refractivity contribution in [2.24, 2.45) is 0 Å². The van der Waals surface area contributed by atoms with E-state index >= 15 is 0 Å². The maximum atomic E-state index is 5.62. The van der Waals surface area contributed by atoms with Gasteiger partial charge in [-0.2, -0.15) is 0 Å². The minimum absolute atomic E-state index is 0.464. The molecule has 0 aromatic carbocycles. The largest absolute Gasteiger partial charge is 0.384 e. The summed E-state index contributed by atoms with van der Waals surface area (Å²) in [5, 5.41) is 3.37. The third-order valence-corrected chi connectivity index (χ3v) is 2.66. The fourth-order valence-corrected chi connectivity index (χ4v) is 1.73. The van der Waals surface area contributed by atoms with Gasteiger partial charge in [0.25, 0.3) is 0 Å². The maximum Gasteiger partial charge on any atom is 0.128 e. The van der Waals surface area contributed by atoms with E-state index < -0.39 is 0 Å². The first-order valence-corrected chi connectivity index (χ1v) is 6.21. The predicted molar refractivity (Wildman–Crippen MR) is 70.5 cm³/mol. The van der Waals surface area contributed by atoms with E-state index in [2.05, 4.69) is 24.1 Å². The fourth-order valence-electron chi connectivity index (χ4n) is 1.73. The molecule has 3 N–H and O–H groups in total. The van der Waals surface area contributed by atoms with Gasteiger partial charge >= 0.3 is 0 Å². The van der Waals surface area contributed by atoms with Crippen molar-refractivity contribution in [3.63, 3.8) is 0 Å². The average Bonchev–Trinajstić information content (AvgIpc) is 2.24. The van der Waals surface area contributed by atoms with E-state index in [1.807, 2.05) is 12.1 Å². The van der Waals surface area contributed by atoms with E-state index in [0.717, 1.165) is 5.82 Å². The Morgan fingerprint density at radius 1 is 1.31 bits per heavy atom. The molecule has 0 spiro atoms. The predicted octanol–water partition coefficient (Wildman–Crippen LogP) is 3.43. The SMILES string of the molecule is CCCCCCC(C)Nc1cccc(N)n1. The van der Waals surface area contributed by atoms with Crippen LogP contribution in [-0.4, -0.2) is 11.0 Å². The Labute approximate surface area is 98.5 Å². The van der Waals surface area contributed by atoms with E-state index in [-0.39, 0.29) is 0 Å². The van der Waals surface area contributed by atoms with E-state index in [0.29, 0.717) is 11.9 Å². The molecule has 16 heavy (non-hydrogen) atoms. The molecule has 0 aliphatic heterocycles. The van der Waals surface area contributed by atoms with Gasteiger partial charge in [0, 0.05) is 6.04 Å². The third kappa shape index (κ3) is 5.01. The van der Waals surface area contributed by atoms with Crippen LogP contribution < -0.4 is 11.1 Å². The summed E-state index contributed by atoms with van der Waals surface area (Å²) in [7, 11) is 0. The highest BCUT2D eigenvalue weighted by molar-refractivity contribution is 5.42. The van der Waals surface area contributed by atoms with Gasteiger partial charge in [-0.15, -0.1) is 0 Å². The van der Waals surface area contributed by atoms with Crippen LogP contribution in [-0.2, 0) is 0 Å². The lowest BCUT2D eigenvalue weighted by molar-refractivity contribution is 0.593. The number of aromatic nitrogens is 1. The number of rotatable bonds is 7. The zero-order valence-electron chi connectivity index (χ0n) is 10.4. The van der Waals surface area contributed by atoms with Crippen LogP contribution in [0.4, 0.5) is 11.6 Å². The summed E-state index contributed by atoms with van der Waals surface area (Å²) in [5.74, 6) is 1.45. The zero-order chi connectivity index (χ0) is 11.8. The lowest BCUT2D eigenvalue weighted by atomic mass is 10.1. The molecule has 3 nitrogen and oxygen atoms in total. The second-order valence-electron chi connectivity index (χ2n) is 4.34. The van der Waals surface area contributed by atoms with Gasteiger partial charge < -0.3 is 11.1 Å². The third-order valence-electron chi connectivity index (χ3n) is 2.66. The first-order chi connectivity index (χ1) is 7.72. The number of hydrogen-bond acceptors (Lipinski definition) is 3. The van der Waals surface area contributed by atoms with E-state index in [9.17, 15) is 0 Å². The van der Waals surface area contributed by atoms with Gasteiger partial charge in [-0.1, -0.05) is 38.7 Å². The smallest absolute Gasteiger partial charge is 0.128 e. The monoisotopic (exact) mass is 221 g/mol. The first-order valence-electron chi connectivity index (χ1n) is 6.21. The molecule has 1 rings (SSSR count). The van der Waals surface area contributed by atoms with Gasteiger partial charge in [0.2, 0.25) is 0 Å². The molecule has 0 saturated carbocycles. The molecule has 1 aromatic heterocycles. The molecular formula is C13H23N3. The Bertz CT molecular complexity index is 299. The summed E-state index contributed by atoms with van der Waals surface area (Å²) >= 11 is 0. The summed E-state index contributed by atoms with van der Waals surface area (Å²) in [6.07, 6.45) is 6.43. The summed E-state index contributed by atoms with van der Waals surface area (Å²) in [6, 6.07) is 6.15. The second-order valence-corrected chi connectivity index (χ2v) is 4.34. The molecule has 0 bridgehead atoms. The van der Waals surface area contributed by atoms with Crippen molar-refractivity contribution in [3.05, 3.63) is 18.2 Å². The van der Waals surface area contributed by atoms with E-state index in [1.165, 1.54) is 32.1 Å². The van der Waals surface area contributed by atoms with Crippen LogP contribution in [0.25, 0.3) is 0 Å². The molecular weight excluding hydrogens is 198 g/mol. The van der Waals surface area contributed by atoms with Gasteiger partial charge in [-0.05, 0) is 25.5 Å². The van der Waals surface area contributed by atoms with Crippen LogP contribution >= 0.6 is 0 Å². The zero-order valence-corrected chi connectivity index (χ0v) is 10.4. The molecule has 3 heteroatoms. The molecule has 90 valence electrons. The molecule has 1 aromatic rings. The average molecular weight is 221 g/mol. The Balaban J connectivity index is 2.25. The number of nitrogens with two attached hydrogens (primary N) is 1. The highest BCUT2D eigenvalue weighted by atomic mass is 15.0. The van der Waals surface area contributed by atoms with E-state index in [1.54, 1.807) is 6.07 Å². The van der Waals surface area contributed by atoms with Gasteiger partial charge in [0.1, 0.15) is 11.6 Å². The molecule has 1 heterocycles. The van der Waals surface area contributed by atoms with Crippen molar-refractivity contribution in [2.75, 3.05) is 11.1 Å². The van der Waals surface area contributed by atoms with Crippen LogP contribution in [0.3, 0.4) is 0 Å². The maximum absolute atomic E-state index is 5.62. The molecule has 0 aliphatic rings. The van der Waals surface area contributed by atoms with Crippen LogP contribution in [0.1, 0.15) is 46.0 Å². The topological polar surface area (TPSA) is 50.9 Å². The van der Waals surface area contributed by atoms with Crippen molar-refractivity contribution >= 4 is 11.6 Å². The lowest BCUT2D eigenvalue weighted by Gasteiger charge is -2.14. The highest BCUT2D eigenvalue weighted by Gasteiger charge is 2.02. The summed E-state index contributed by atoms with van der Waals surface area (Å²) in [6.45, 7) is 4.43. The number of unbranched alkanes of at least 4 members (excludes halogenated alkanes) is 3. The molecule has 0 amide bonds. The first kappa shape index (κ1) is 12.8. The van der Waals surface area contributed by atoms with Gasteiger partial charge in [-0.25, -0.2) is 4.98 Å². The van der Waals surface area contributed by atoms with E-state index in [4.69, 9.17) is 5.73 Å². The minimum Gasteiger partial charge on any atom is -0.384 e. The van der Waals surface area contributed by atoms with Crippen LogP contribution in [0.15, 0.2) is 18.2 Å². The summed E-state index contributed by atoms with van der Waals surface area (Å²) in [5.41, 5.74) is 5.62. The fraction of sp³-hybridized carbons (Fsp3) is 0.615. The second kappa shape index (κ2) is 7.09. The Morgan fingerprint density at radius 2 is 2.12 bits per heavy atom. The number of nitrogens with zero attached hydrogens (tertiary/aromatic N) is 1. The quantitative estimate of drug-likeness (QED) is 0.693. The Hall–Kier alpha value is -1.25. The van der Waals surface area contributed by atoms with Crippen LogP contribution in [0.2, 0.25) is 0 Å². The normalized spacial score (nSPS) is 12.4. The molecule has 1 unspecified atom stereocenters. The molecule has 0 radical (unpaired) electrons. The Kier molecular flexibility index (Phi) is 5.68. The number of nitrogen functional groups attached to an aromatic ring is 1. The van der Waals surface area contributed by atoms with Gasteiger partial charge in [-0.3, -0.25) is 0 Å². The van der Waals surface area contributed by atoms with Crippen molar-refractivity contribution in [3.8, 4) is 0 Å². The summed E-state index contributed by atoms with van der Waals surface area (Å²) in [4.78, 5) is 4.22. The molecule has 0 aliphatic carbocycles. The van der Waals surface area contributed by atoms with Crippen molar-refractivity contribution < 1.29 is 0 Å². The summed E-state index contributed by atoms with van der Waals surface area (Å²) < 4.78 is 0. The standard InChI is InChI=1S/C13H23N3/c1-3-4-5-6-8-11(2)15-13-10-7-9-12(14)16-13/h7,9-11H,3-6,8H2,1-2H3,(H3,14,15,16). The van der Waals surface area contributed by atoms with Crippen molar-refractivity contribution in [2.45, 2.75) is 52.0 Å². The number of anilines is 2. The number of hydrogen-bond donors (Lipinski definition) is 2. The molecule has 1 atom stereocenters. The van der Waals surface area contributed by atoms with Crippen molar-refractivity contribution in [1.82, 2.24) is 4.98 Å². The van der Waals surface area contributed by atoms with Crippen LogP contribution in [0.5, 0.6) is 0 Å². The van der Waals surface area contributed by atoms with Crippen LogP contribution in [0, 0.1) is 0 Å².